The summed E-state index contributed by atoms with van der Waals surface area (Å²) in [6.07, 6.45) is 5.39. The van der Waals surface area contributed by atoms with Crippen LogP contribution in [0.5, 0.6) is 0 Å². The van der Waals surface area contributed by atoms with Gasteiger partial charge in [-0.2, -0.15) is 0 Å². The first kappa shape index (κ1) is 13.1. The summed E-state index contributed by atoms with van der Waals surface area (Å²) in [6.45, 7) is 4.68. The molecule has 1 aliphatic carbocycles. The molecule has 94 valence electrons. The number of halogens is 1. The molecule has 0 saturated heterocycles. The molecule has 0 aliphatic heterocycles. The van der Waals surface area contributed by atoms with Gasteiger partial charge in [-0.3, -0.25) is 0 Å². The normalized spacial score (nSPS) is 29.5. The van der Waals surface area contributed by atoms with E-state index in [2.05, 4.69) is 60.1 Å². The average molecular weight is 295 g/mol. The van der Waals surface area contributed by atoms with Gasteiger partial charge in [-0.1, -0.05) is 60.1 Å². The van der Waals surface area contributed by atoms with Crippen LogP contribution in [0.4, 0.5) is 0 Å². The predicted octanol–water partition coefficient (Wildman–Crippen LogP) is 5.38. The van der Waals surface area contributed by atoms with Crippen LogP contribution in [0.15, 0.2) is 30.3 Å². The molecule has 1 fully saturated rings. The number of rotatable bonds is 3. The second kappa shape index (κ2) is 6.04. The molecule has 2 rings (SSSR count). The highest BCUT2D eigenvalue weighted by atomic mass is 79.9. The molecular weight excluding hydrogens is 272 g/mol. The lowest BCUT2D eigenvalue weighted by Gasteiger charge is -2.34. The smallest absolute Gasteiger partial charge is 0.0174 e. The minimum Gasteiger partial charge on any atom is -0.0888 e. The largest absolute Gasteiger partial charge is 0.0888 e. The van der Waals surface area contributed by atoms with Gasteiger partial charge in [0.25, 0.3) is 0 Å². The second-order valence-corrected chi connectivity index (χ2v) is 7.00. The van der Waals surface area contributed by atoms with Crippen LogP contribution in [0.25, 0.3) is 0 Å². The Morgan fingerprint density at radius 2 is 1.88 bits per heavy atom. The van der Waals surface area contributed by atoms with E-state index in [4.69, 9.17) is 0 Å². The van der Waals surface area contributed by atoms with E-state index in [1.165, 1.54) is 25.7 Å². The summed E-state index contributed by atoms with van der Waals surface area (Å²) < 4.78 is 0. The van der Waals surface area contributed by atoms with Crippen molar-refractivity contribution < 1.29 is 0 Å². The summed E-state index contributed by atoms with van der Waals surface area (Å²) in [7, 11) is 0. The van der Waals surface area contributed by atoms with E-state index < -0.39 is 0 Å². The predicted molar refractivity (Wildman–Crippen MR) is 78.7 cm³/mol. The summed E-state index contributed by atoms with van der Waals surface area (Å²) in [5, 5.41) is 0. The molecule has 1 aliphatic rings. The third-order valence-corrected chi connectivity index (χ3v) is 5.14. The van der Waals surface area contributed by atoms with Crippen molar-refractivity contribution in [2.75, 3.05) is 0 Å². The molecule has 1 saturated carbocycles. The van der Waals surface area contributed by atoms with Gasteiger partial charge in [-0.25, -0.2) is 0 Å². The highest BCUT2D eigenvalue weighted by molar-refractivity contribution is 9.09. The van der Waals surface area contributed by atoms with Crippen LogP contribution in [0.3, 0.4) is 0 Å². The molecule has 1 aromatic carbocycles. The zero-order valence-corrected chi connectivity index (χ0v) is 12.5. The zero-order chi connectivity index (χ0) is 12.3. The van der Waals surface area contributed by atoms with Gasteiger partial charge in [-0.05, 0) is 49.0 Å². The molecular formula is C16H23Br. The lowest BCUT2D eigenvalue weighted by molar-refractivity contribution is 0.291. The summed E-state index contributed by atoms with van der Waals surface area (Å²) >= 11 is 3.88. The van der Waals surface area contributed by atoms with Gasteiger partial charge in [0.05, 0.1) is 0 Å². The highest BCUT2D eigenvalue weighted by Crippen LogP contribution is 2.41. The van der Waals surface area contributed by atoms with E-state index >= 15 is 0 Å². The van der Waals surface area contributed by atoms with Gasteiger partial charge in [0.1, 0.15) is 0 Å². The molecule has 0 bridgehead atoms. The van der Waals surface area contributed by atoms with Crippen LogP contribution < -0.4 is 0 Å². The lowest BCUT2D eigenvalue weighted by atomic mass is 9.75. The first-order chi connectivity index (χ1) is 8.16. The maximum Gasteiger partial charge on any atom is 0.0174 e. The lowest BCUT2D eigenvalue weighted by Crippen LogP contribution is -2.25. The molecule has 0 N–H and O–H groups in total. The molecule has 0 spiro atoms. The third kappa shape index (κ3) is 3.58. The first-order valence-corrected chi connectivity index (χ1v) is 7.77. The molecule has 1 heteroatoms. The van der Waals surface area contributed by atoms with Crippen molar-refractivity contribution in [3.05, 3.63) is 35.9 Å². The molecule has 1 aromatic rings. The Morgan fingerprint density at radius 3 is 2.53 bits per heavy atom. The SMILES string of the molecule is CC(C)CC1CC(c2ccccc2)CCC1Br. The van der Waals surface area contributed by atoms with Crippen molar-refractivity contribution in [2.45, 2.75) is 50.3 Å². The summed E-state index contributed by atoms with van der Waals surface area (Å²) in [5.74, 6) is 2.46. The second-order valence-electron chi connectivity index (χ2n) is 5.83. The standard InChI is InChI=1S/C16H23Br/c1-12(2)10-15-11-14(8-9-16(15)17)13-6-4-3-5-7-13/h3-7,12,14-16H,8-11H2,1-2H3. The Morgan fingerprint density at radius 1 is 1.18 bits per heavy atom. The summed E-state index contributed by atoms with van der Waals surface area (Å²) in [6, 6.07) is 11.1. The number of benzene rings is 1. The molecule has 0 radical (unpaired) electrons. The molecule has 3 unspecified atom stereocenters. The van der Waals surface area contributed by atoms with Crippen LogP contribution in [0.1, 0.15) is 51.0 Å². The fourth-order valence-corrected chi connectivity index (χ4v) is 3.80. The van der Waals surface area contributed by atoms with Gasteiger partial charge in [0, 0.05) is 4.83 Å². The Bertz CT molecular complexity index is 331. The van der Waals surface area contributed by atoms with E-state index in [1.807, 2.05) is 0 Å². The van der Waals surface area contributed by atoms with Gasteiger partial charge in [0.2, 0.25) is 0 Å². The average Bonchev–Trinajstić information content (AvgIpc) is 2.32. The zero-order valence-electron chi connectivity index (χ0n) is 10.9. The van der Waals surface area contributed by atoms with E-state index in [0.717, 1.165) is 22.6 Å². The van der Waals surface area contributed by atoms with Crippen LogP contribution in [0, 0.1) is 11.8 Å². The van der Waals surface area contributed by atoms with Crippen molar-refractivity contribution >= 4 is 15.9 Å². The van der Waals surface area contributed by atoms with Crippen LogP contribution >= 0.6 is 15.9 Å². The fraction of sp³-hybridized carbons (Fsp3) is 0.625. The van der Waals surface area contributed by atoms with Gasteiger partial charge in [0.15, 0.2) is 0 Å². The van der Waals surface area contributed by atoms with Crippen LogP contribution in [-0.4, -0.2) is 4.83 Å². The fourth-order valence-electron chi connectivity index (χ4n) is 3.10. The van der Waals surface area contributed by atoms with E-state index in [0.29, 0.717) is 0 Å². The molecule has 0 amide bonds. The minimum atomic E-state index is 0.741. The molecule has 0 aromatic heterocycles. The summed E-state index contributed by atoms with van der Waals surface area (Å²) in [5.41, 5.74) is 1.54. The van der Waals surface area contributed by atoms with Crippen LogP contribution in [0.2, 0.25) is 0 Å². The molecule has 17 heavy (non-hydrogen) atoms. The third-order valence-electron chi connectivity index (χ3n) is 3.93. The van der Waals surface area contributed by atoms with Gasteiger partial charge in [-0.15, -0.1) is 0 Å². The summed E-state index contributed by atoms with van der Waals surface area (Å²) in [4.78, 5) is 0.741. The van der Waals surface area contributed by atoms with Gasteiger partial charge < -0.3 is 0 Å². The number of hydrogen-bond donors (Lipinski definition) is 0. The van der Waals surface area contributed by atoms with Crippen molar-refractivity contribution in [2.24, 2.45) is 11.8 Å². The van der Waals surface area contributed by atoms with Crippen LogP contribution in [-0.2, 0) is 0 Å². The molecule has 0 heterocycles. The van der Waals surface area contributed by atoms with Crippen molar-refractivity contribution in [1.29, 1.82) is 0 Å². The van der Waals surface area contributed by atoms with E-state index in [1.54, 1.807) is 5.56 Å². The quantitative estimate of drug-likeness (QED) is 0.657. The number of hydrogen-bond acceptors (Lipinski definition) is 0. The monoisotopic (exact) mass is 294 g/mol. The van der Waals surface area contributed by atoms with Crippen molar-refractivity contribution in [3.8, 4) is 0 Å². The molecule has 3 atom stereocenters. The highest BCUT2D eigenvalue weighted by Gasteiger charge is 2.29. The first-order valence-electron chi connectivity index (χ1n) is 6.86. The number of alkyl halides is 1. The Labute approximate surface area is 114 Å². The van der Waals surface area contributed by atoms with E-state index in [9.17, 15) is 0 Å². The Kier molecular flexibility index (Phi) is 4.67. The van der Waals surface area contributed by atoms with E-state index in [-0.39, 0.29) is 0 Å². The van der Waals surface area contributed by atoms with Crippen molar-refractivity contribution in [3.63, 3.8) is 0 Å². The maximum atomic E-state index is 3.88. The molecule has 0 nitrogen and oxygen atoms in total. The van der Waals surface area contributed by atoms with Gasteiger partial charge >= 0.3 is 0 Å². The van der Waals surface area contributed by atoms with Crippen molar-refractivity contribution in [1.82, 2.24) is 0 Å². The Hall–Kier alpha value is -0.300. The Balaban J connectivity index is 2.02. The minimum absolute atomic E-state index is 0.741. The topological polar surface area (TPSA) is 0 Å². The maximum absolute atomic E-state index is 3.88.